The molecule has 0 spiro atoms. The van der Waals surface area contributed by atoms with Crippen LogP contribution in [0.3, 0.4) is 0 Å². The SMILES string of the molecule is CCc1cc(NC2c3ccccc3CC2N)nc(C)n1. The number of rotatable bonds is 3. The van der Waals surface area contributed by atoms with Crippen molar-refractivity contribution in [3.8, 4) is 0 Å². The minimum absolute atomic E-state index is 0.0905. The smallest absolute Gasteiger partial charge is 0.130 e. The van der Waals surface area contributed by atoms with Gasteiger partial charge in [0.05, 0.1) is 6.04 Å². The van der Waals surface area contributed by atoms with Crippen molar-refractivity contribution in [1.82, 2.24) is 9.97 Å². The molecule has 104 valence electrons. The monoisotopic (exact) mass is 268 g/mol. The molecule has 1 aliphatic carbocycles. The van der Waals surface area contributed by atoms with Crippen molar-refractivity contribution in [3.05, 3.63) is 53.0 Å². The minimum Gasteiger partial charge on any atom is -0.362 e. The van der Waals surface area contributed by atoms with Crippen LogP contribution in [0.1, 0.15) is 35.6 Å². The molecule has 1 aromatic heterocycles. The Morgan fingerprint density at radius 1 is 1.30 bits per heavy atom. The first-order valence-corrected chi connectivity index (χ1v) is 7.12. The lowest BCUT2D eigenvalue weighted by Gasteiger charge is -2.19. The Morgan fingerprint density at radius 3 is 2.90 bits per heavy atom. The molecular weight excluding hydrogens is 248 g/mol. The molecule has 0 radical (unpaired) electrons. The van der Waals surface area contributed by atoms with Crippen molar-refractivity contribution in [2.75, 3.05) is 5.32 Å². The fourth-order valence-corrected chi connectivity index (χ4v) is 2.85. The fraction of sp³-hybridized carbons (Fsp3) is 0.375. The average Bonchev–Trinajstić information content (AvgIpc) is 2.75. The van der Waals surface area contributed by atoms with Crippen LogP contribution in [0.25, 0.3) is 0 Å². The van der Waals surface area contributed by atoms with Crippen LogP contribution >= 0.6 is 0 Å². The molecule has 4 heteroatoms. The van der Waals surface area contributed by atoms with Crippen LogP contribution in [-0.2, 0) is 12.8 Å². The Morgan fingerprint density at radius 2 is 2.10 bits per heavy atom. The van der Waals surface area contributed by atoms with E-state index in [1.807, 2.05) is 13.0 Å². The lowest BCUT2D eigenvalue weighted by atomic mass is 10.1. The lowest BCUT2D eigenvalue weighted by molar-refractivity contribution is 0.623. The molecule has 20 heavy (non-hydrogen) atoms. The Bertz CT molecular complexity index is 624. The maximum Gasteiger partial charge on any atom is 0.130 e. The molecule has 0 amide bonds. The van der Waals surface area contributed by atoms with E-state index in [1.54, 1.807) is 0 Å². The molecule has 0 fully saturated rings. The molecule has 0 bridgehead atoms. The molecule has 3 N–H and O–H groups in total. The van der Waals surface area contributed by atoms with Gasteiger partial charge in [-0.15, -0.1) is 0 Å². The van der Waals surface area contributed by atoms with Crippen LogP contribution < -0.4 is 11.1 Å². The van der Waals surface area contributed by atoms with E-state index in [0.717, 1.165) is 30.2 Å². The van der Waals surface area contributed by atoms with Crippen molar-refractivity contribution in [3.63, 3.8) is 0 Å². The zero-order valence-electron chi connectivity index (χ0n) is 11.9. The number of hydrogen-bond donors (Lipinski definition) is 2. The first-order valence-electron chi connectivity index (χ1n) is 7.12. The molecule has 2 atom stereocenters. The van der Waals surface area contributed by atoms with E-state index < -0.39 is 0 Å². The molecule has 0 saturated heterocycles. The molecule has 4 nitrogen and oxygen atoms in total. The van der Waals surface area contributed by atoms with Crippen LogP contribution in [0.4, 0.5) is 5.82 Å². The van der Waals surface area contributed by atoms with Crippen LogP contribution in [-0.4, -0.2) is 16.0 Å². The lowest BCUT2D eigenvalue weighted by Crippen LogP contribution is -2.30. The van der Waals surface area contributed by atoms with Gasteiger partial charge in [0.1, 0.15) is 11.6 Å². The average molecular weight is 268 g/mol. The number of fused-ring (bicyclic) bond motifs is 1. The van der Waals surface area contributed by atoms with Crippen molar-refractivity contribution in [2.24, 2.45) is 5.73 Å². The number of hydrogen-bond acceptors (Lipinski definition) is 4. The Labute approximate surface area is 119 Å². The Balaban J connectivity index is 1.90. The maximum absolute atomic E-state index is 6.28. The second kappa shape index (κ2) is 5.21. The standard InChI is InChI=1S/C16H20N4/c1-3-12-9-15(19-10(2)18-12)20-16-13-7-5-4-6-11(13)8-14(16)17/h4-7,9,14,16H,3,8,17H2,1-2H3,(H,18,19,20). The molecule has 2 unspecified atom stereocenters. The topological polar surface area (TPSA) is 63.8 Å². The number of benzene rings is 1. The van der Waals surface area contributed by atoms with Gasteiger partial charge in [-0.2, -0.15) is 0 Å². The first kappa shape index (κ1) is 13.1. The highest BCUT2D eigenvalue weighted by atomic mass is 15.1. The van der Waals surface area contributed by atoms with Gasteiger partial charge in [0.25, 0.3) is 0 Å². The first-order chi connectivity index (χ1) is 9.67. The molecule has 2 aromatic rings. The van der Waals surface area contributed by atoms with E-state index in [1.165, 1.54) is 11.1 Å². The van der Waals surface area contributed by atoms with Gasteiger partial charge >= 0.3 is 0 Å². The summed E-state index contributed by atoms with van der Waals surface area (Å²) in [4.78, 5) is 8.88. The van der Waals surface area contributed by atoms with Crippen LogP contribution in [0.2, 0.25) is 0 Å². The number of nitrogens with one attached hydrogen (secondary N) is 1. The second-order valence-electron chi connectivity index (χ2n) is 5.33. The summed E-state index contributed by atoms with van der Waals surface area (Å²) in [6, 6.07) is 10.7. The second-order valence-corrected chi connectivity index (χ2v) is 5.33. The predicted octanol–water partition coefficient (Wildman–Crippen LogP) is 2.38. The molecule has 1 aromatic carbocycles. The van der Waals surface area contributed by atoms with Gasteiger partial charge in [-0.05, 0) is 30.9 Å². The predicted molar refractivity (Wildman–Crippen MR) is 80.6 cm³/mol. The van der Waals surface area contributed by atoms with Gasteiger partial charge in [0.2, 0.25) is 0 Å². The van der Waals surface area contributed by atoms with Gasteiger partial charge in [-0.1, -0.05) is 31.2 Å². The Kier molecular flexibility index (Phi) is 3.40. The number of nitrogens with zero attached hydrogens (tertiary/aromatic N) is 2. The number of aromatic nitrogens is 2. The van der Waals surface area contributed by atoms with E-state index in [9.17, 15) is 0 Å². The van der Waals surface area contributed by atoms with Crippen molar-refractivity contribution >= 4 is 5.82 Å². The van der Waals surface area contributed by atoms with E-state index in [4.69, 9.17) is 5.73 Å². The van der Waals surface area contributed by atoms with E-state index in [2.05, 4.69) is 46.5 Å². The van der Waals surface area contributed by atoms with Gasteiger partial charge in [0, 0.05) is 17.8 Å². The molecule has 1 aliphatic rings. The largest absolute Gasteiger partial charge is 0.362 e. The molecule has 0 aliphatic heterocycles. The highest BCUT2D eigenvalue weighted by molar-refractivity contribution is 5.46. The summed E-state index contributed by atoms with van der Waals surface area (Å²) in [6.45, 7) is 4.02. The fourth-order valence-electron chi connectivity index (χ4n) is 2.85. The summed E-state index contributed by atoms with van der Waals surface area (Å²) in [5, 5.41) is 3.49. The van der Waals surface area contributed by atoms with Crippen LogP contribution in [0, 0.1) is 6.92 Å². The zero-order valence-corrected chi connectivity index (χ0v) is 11.9. The summed E-state index contributed by atoms with van der Waals surface area (Å²) in [5.41, 5.74) is 9.95. The molecular formula is C16H20N4. The summed E-state index contributed by atoms with van der Waals surface area (Å²) in [6.07, 6.45) is 1.82. The quantitative estimate of drug-likeness (QED) is 0.897. The number of anilines is 1. The van der Waals surface area contributed by atoms with Gasteiger partial charge in [0.15, 0.2) is 0 Å². The summed E-state index contributed by atoms with van der Waals surface area (Å²) in [7, 11) is 0. The highest BCUT2D eigenvalue weighted by Gasteiger charge is 2.29. The third kappa shape index (κ3) is 2.39. The van der Waals surface area contributed by atoms with E-state index in [0.29, 0.717) is 0 Å². The van der Waals surface area contributed by atoms with Crippen LogP contribution in [0.5, 0.6) is 0 Å². The zero-order chi connectivity index (χ0) is 14.1. The van der Waals surface area contributed by atoms with E-state index >= 15 is 0 Å². The number of aryl methyl sites for hydroxylation is 2. The molecule has 3 rings (SSSR count). The van der Waals surface area contributed by atoms with Crippen molar-refractivity contribution in [2.45, 2.75) is 38.8 Å². The summed E-state index contributed by atoms with van der Waals surface area (Å²) >= 11 is 0. The highest BCUT2D eigenvalue weighted by Crippen LogP contribution is 2.32. The summed E-state index contributed by atoms with van der Waals surface area (Å²) < 4.78 is 0. The van der Waals surface area contributed by atoms with Gasteiger partial charge in [-0.3, -0.25) is 0 Å². The maximum atomic E-state index is 6.28. The van der Waals surface area contributed by atoms with Crippen LogP contribution in [0.15, 0.2) is 30.3 Å². The molecule has 0 saturated carbocycles. The van der Waals surface area contributed by atoms with E-state index in [-0.39, 0.29) is 12.1 Å². The third-order valence-corrected chi connectivity index (χ3v) is 3.83. The Hall–Kier alpha value is -1.94. The normalized spacial score (nSPS) is 20.8. The van der Waals surface area contributed by atoms with Crippen molar-refractivity contribution < 1.29 is 0 Å². The summed E-state index contributed by atoms with van der Waals surface area (Å²) in [5.74, 6) is 1.67. The van der Waals surface area contributed by atoms with Gasteiger partial charge < -0.3 is 11.1 Å². The van der Waals surface area contributed by atoms with Gasteiger partial charge in [-0.25, -0.2) is 9.97 Å². The minimum atomic E-state index is 0.0905. The third-order valence-electron chi connectivity index (χ3n) is 3.83. The number of nitrogens with two attached hydrogens (primary N) is 1. The molecule has 1 heterocycles. The van der Waals surface area contributed by atoms with Crippen molar-refractivity contribution in [1.29, 1.82) is 0 Å².